The number of aromatic nitrogens is 4. The monoisotopic (exact) mass is 385 g/mol. The zero-order valence-electron chi connectivity index (χ0n) is 15.8. The number of halogens is 1. The molecule has 0 saturated carbocycles. The Kier molecular flexibility index (Phi) is 6.13. The zero-order chi connectivity index (χ0) is 19.2. The molecule has 3 aromatic rings. The highest BCUT2D eigenvalue weighted by Crippen LogP contribution is 2.14. The largest absolute Gasteiger partial charge is 0.357 e. The second-order valence-corrected chi connectivity index (χ2v) is 6.75. The number of nitrogens with zero attached hydrogens (tertiary/aromatic N) is 6. The van der Waals surface area contributed by atoms with Crippen molar-refractivity contribution in [2.24, 2.45) is 12.0 Å². The lowest BCUT2D eigenvalue weighted by atomic mass is 10.3. The van der Waals surface area contributed by atoms with Gasteiger partial charge in [0.2, 0.25) is 0 Å². The van der Waals surface area contributed by atoms with E-state index in [0.29, 0.717) is 11.6 Å². The number of hydrogen-bond acceptors (Lipinski definition) is 3. The van der Waals surface area contributed by atoms with E-state index in [4.69, 9.17) is 16.6 Å². The van der Waals surface area contributed by atoms with Crippen LogP contribution in [0, 0.1) is 0 Å². The molecule has 0 radical (unpaired) electrons. The Hall–Kier alpha value is -2.80. The van der Waals surface area contributed by atoms with Crippen LogP contribution >= 0.6 is 11.6 Å². The predicted molar refractivity (Wildman–Crippen MR) is 108 cm³/mol. The summed E-state index contributed by atoms with van der Waals surface area (Å²) in [7, 11) is 3.94. The second kappa shape index (κ2) is 8.73. The van der Waals surface area contributed by atoms with Crippen molar-refractivity contribution in [3.63, 3.8) is 0 Å². The summed E-state index contributed by atoms with van der Waals surface area (Å²) < 4.78 is 3.63. The van der Waals surface area contributed by atoms with Crippen molar-refractivity contribution in [3.8, 4) is 5.69 Å². The third-order valence-electron chi connectivity index (χ3n) is 4.01. The average molecular weight is 386 g/mol. The molecule has 0 saturated heterocycles. The summed E-state index contributed by atoms with van der Waals surface area (Å²) in [5.74, 6) is 0.848. The number of aryl methyl sites for hydroxylation is 1. The van der Waals surface area contributed by atoms with Crippen molar-refractivity contribution in [2.45, 2.75) is 20.0 Å². The van der Waals surface area contributed by atoms with Crippen LogP contribution in [-0.4, -0.2) is 44.0 Å². The first-order chi connectivity index (χ1) is 13.0. The molecule has 0 amide bonds. The molecule has 27 heavy (non-hydrogen) atoms. The third kappa shape index (κ3) is 5.10. The van der Waals surface area contributed by atoms with E-state index < -0.39 is 0 Å². The molecular weight excluding hydrogens is 362 g/mol. The minimum Gasteiger partial charge on any atom is -0.357 e. The molecule has 0 fully saturated rings. The van der Waals surface area contributed by atoms with E-state index in [1.54, 1.807) is 4.68 Å². The molecule has 7 nitrogen and oxygen atoms in total. The smallest absolute Gasteiger partial charge is 0.194 e. The maximum atomic E-state index is 5.94. The standard InChI is InChI=1S/C19H24ClN7/c1-4-21-19(25(2)12-16-11-23-26(3)13-16)22-9-15-10-24-27(14-15)18-7-5-17(20)6-8-18/h5-8,10-11,13-14H,4,9,12H2,1-3H3,(H,21,22). The SMILES string of the molecule is CCNC(=NCc1cnn(-c2ccc(Cl)cc2)c1)N(C)Cc1cnn(C)c1. The number of hydrogen-bond donors (Lipinski definition) is 1. The van der Waals surface area contributed by atoms with E-state index >= 15 is 0 Å². The average Bonchev–Trinajstić information content (AvgIpc) is 3.28. The van der Waals surface area contributed by atoms with Gasteiger partial charge in [-0.15, -0.1) is 0 Å². The molecule has 142 valence electrons. The summed E-state index contributed by atoms with van der Waals surface area (Å²) in [5, 5.41) is 12.7. The summed E-state index contributed by atoms with van der Waals surface area (Å²) in [4.78, 5) is 6.82. The predicted octanol–water partition coefficient (Wildman–Crippen LogP) is 2.86. The van der Waals surface area contributed by atoms with Gasteiger partial charge in [-0.3, -0.25) is 4.68 Å². The molecule has 1 aromatic carbocycles. The molecule has 3 rings (SSSR count). The molecule has 0 bridgehead atoms. The van der Waals surface area contributed by atoms with Crippen molar-refractivity contribution in [1.29, 1.82) is 0 Å². The Morgan fingerprint density at radius 1 is 1.15 bits per heavy atom. The molecule has 0 aliphatic carbocycles. The minimum absolute atomic E-state index is 0.549. The Labute approximate surface area is 164 Å². The van der Waals surface area contributed by atoms with Crippen molar-refractivity contribution < 1.29 is 0 Å². The van der Waals surface area contributed by atoms with E-state index in [0.717, 1.165) is 35.9 Å². The Bertz CT molecular complexity index is 895. The van der Waals surface area contributed by atoms with Crippen LogP contribution in [0.2, 0.25) is 5.02 Å². The topological polar surface area (TPSA) is 63.3 Å². The molecule has 0 atom stereocenters. The lowest BCUT2D eigenvalue weighted by Crippen LogP contribution is -2.38. The lowest BCUT2D eigenvalue weighted by Gasteiger charge is -2.21. The van der Waals surface area contributed by atoms with Gasteiger partial charge in [0.25, 0.3) is 0 Å². The Morgan fingerprint density at radius 2 is 1.89 bits per heavy atom. The fraction of sp³-hybridized carbons (Fsp3) is 0.316. The van der Waals surface area contributed by atoms with Crippen molar-refractivity contribution in [3.05, 3.63) is 65.2 Å². The summed E-state index contributed by atoms with van der Waals surface area (Å²) in [6, 6.07) is 7.59. The van der Waals surface area contributed by atoms with Crippen molar-refractivity contribution in [1.82, 2.24) is 29.8 Å². The van der Waals surface area contributed by atoms with Crippen LogP contribution in [0.4, 0.5) is 0 Å². The van der Waals surface area contributed by atoms with Crippen LogP contribution in [0.15, 0.2) is 54.0 Å². The van der Waals surface area contributed by atoms with Gasteiger partial charge in [-0.1, -0.05) is 11.6 Å². The first-order valence-electron chi connectivity index (χ1n) is 8.81. The minimum atomic E-state index is 0.549. The Morgan fingerprint density at radius 3 is 2.56 bits per heavy atom. The van der Waals surface area contributed by atoms with Crippen LogP contribution in [0.1, 0.15) is 18.1 Å². The van der Waals surface area contributed by atoms with Gasteiger partial charge in [0.05, 0.1) is 24.6 Å². The second-order valence-electron chi connectivity index (χ2n) is 6.32. The van der Waals surface area contributed by atoms with Crippen molar-refractivity contribution >= 4 is 17.6 Å². The maximum Gasteiger partial charge on any atom is 0.194 e. The summed E-state index contributed by atoms with van der Waals surface area (Å²) in [5.41, 5.74) is 3.14. The lowest BCUT2D eigenvalue weighted by molar-refractivity contribution is 0.476. The van der Waals surface area contributed by atoms with Crippen LogP contribution in [-0.2, 0) is 20.1 Å². The summed E-state index contributed by atoms with van der Waals surface area (Å²) in [6.45, 7) is 4.16. The summed E-state index contributed by atoms with van der Waals surface area (Å²) in [6.07, 6.45) is 7.70. The molecule has 2 heterocycles. The maximum absolute atomic E-state index is 5.94. The van der Waals surface area contributed by atoms with Crippen LogP contribution in [0.25, 0.3) is 5.69 Å². The number of rotatable bonds is 6. The fourth-order valence-electron chi connectivity index (χ4n) is 2.71. The van der Waals surface area contributed by atoms with Crippen LogP contribution in [0.5, 0.6) is 0 Å². The normalized spacial score (nSPS) is 11.6. The van der Waals surface area contributed by atoms with E-state index in [1.807, 2.05) is 67.8 Å². The van der Waals surface area contributed by atoms with Gasteiger partial charge in [-0.05, 0) is 31.2 Å². The number of nitrogens with one attached hydrogen (secondary N) is 1. The van der Waals surface area contributed by atoms with E-state index in [-0.39, 0.29) is 0 Å². The highest BCUT2D eigenvalue weighted by Gasteiger charge is 2.08. The number of benzene rings is 1. The van der Waals surface area contributed by atoms with Gasteiger partial charge in [-0.25, -0.2) is 9.67 Å². The van der Waals surface area contributed by atoms with E-state index in [1.165, 1.54) is 0 Å². The quantitative estimate of drug-likeness (QED) is 0.523. The van der Waals surface area contributed by atoms with E-state index in [9.17, 15) is 0 Å². The molecule has 0 aliphatic rings. The fourth-order valence-corrected chi connectivity index (χ4v) is 2.84. The van der Waals surface area contributed by atoms with Crippen molar-refractivity contribution in [2.75, 3.05) is 13.6 Å². The van der Waals surface area contributed by atoms with Gasteiger partial charge < -0.3 is 10.2 Å². The highest BCUT2D eigenvalue weighted by atomic mass is 35.5. The molecular formula is C19H24ClN7. The van der Waals surface area contributed by atoms with Gasteiger partial charge in [-0.2, -0.15) is 10.2 Å². The van der Waals surface area contributed by atoms with Gasteiger partial charge in [0.15, 0.2) is 5.96 Å². The number of aliphatic imine (C=N–C) groups is 1. The Balaban J connectivity index is 1.68. The summed E-state index contributed by atoms with van der Waals surface area (Å²) >= 11 is 5.94. The first kappa shape index (κ1) is 19.0. The first-order valence-corrected chi connectivity index (χ1v) is 9.19. The van der Waals surface area contributed by atoms with E-state index in [2.05, 4.69) is 27.3 Å². The molecule has 1 N–H and O–H groups in total. The molecule has 2 aromatic heterocycles. The van der Waals surface area contributed by atoms with Crippen LogP contribution in [0.3, 0.4) is 0 Å². The van der Waals surface area contributed by atoms with Gasteiger partial charge >= 0.3 is 0 Å². The molecule has 0 aliphatic heterocycles. The molecule has 0 spiro atoms. The van der Waals surface area contributed by atoms with Gasteiger partial charge in [0, 0.05) is 55.7 Å². The van der Waals surface area contributed by atoms with Gasteiger partial charge in [0.1, 0.15) is 0 Å². The zero-order valence-corrected chi connectivity index (χ0v) is 16.6. The molecule has 8 heteroatoms. The highest BCUT2D eigenvalue weighted by molar-refractivity contribution is 6.30. The third-order valence-corrected chi connectivity index (χ3v) is 4.27. The number of guanidine groups is 1. The van der Waals surface area contributed by atoms with Crippen LogP contribution < -0.4 is 5.32 Å². The molecule has 0 unspecified atom stereocenters.